The van der Waals surface area contributed by atoms with Crippen molar-refractivity contribution in [2.45, 2.75) is 29.9 Å². The van der Waals surface area contributed by atoms with Crippen LogP contribution in [0.25, 0.3) is 11.0 Å². The summed E-state index contributed by atoms with van der Waals surface area (Å²) in [5.74, 6) is 1.24. The Morgan fingerprint density at radius 3 is 2.89 bits per heavy atom. The van der Waals surface area contributed by atoms with Crippen molar-refractivity contribution in [3.8, 4) is 0 Å². The first-order valence-corrected chi connectivity index (χ1v) is 10.9. The predicted molar refractivity (Wildman–Crippen MR) is 107 cm³/mol. The van der Waals surface area contributed by atoms with Crippen LogP contribution in [0.4, 0.5) is 4.39 Å². The van der Waals surface area contributed by atoms with Gasteiger partial charge in [-0.3, -0.25) is 4.79 Å². The molecule has 142 valence electrons. The van der Waals surface area contributed by atoms with Crippen LogP contribution in [0.15, 0.2) is 39.1 Å². The summed E-state index contributed by atoms with van der Waals surface area (Å²) < 4.78 is 19.8. The second kappa shape index (κ2) is 8.12. The fourth-order valence-electron chi connectivity index (χ4n) is 3.52. The average molecular weight is 405 g/mol. The van der Waals surface area contributed by atoms with Gasteiger partial charge < -0.3 is 9.42 Å². The van der Waals surface area contributed by atoms with E-state index in [1.165, 1.54) is 16.3 Å². The molecule has 0 saturated carbocycles. The Bertz CT molecular complexity index is 945. The van der Waals surface area contributed by atoms with E-state index in [9.17, 15) is 9.18 Å². The molecule has 1 saturated heterocycles. The number of thioether (sulfide) groups is 1. The normalized spacial score (nSPS) is 16.2. The molecule has 0 N–H and O–H groups in total. The Kier molecular flexibility index (Phi) is 5.61. The number of rotatable bonds is 6. The third-order valence-electron chi connectivity index (χ3n) is 5.02. The topological polar surface area (TPSA) is 46.3 Å². The van der Waals surface area contributed by atoms with Gasteiger partial charge in [-0.05, 0) is 57.1 Å². The molecule has 0 aliphatic carbocycles. The highest BCUT2D eigenvalue weighted by Gasteiger charge is 2.25. The highest BCUT2D eigenvalue weighted by Crippen LogP contribution is 2.33. The number of likely N-dealkylation sites (tertiary alicyclic amines) is 1. The maximum atomic E-state index is 13.3. The van der Waals surface area contributed by atoms with Gasteiger partial charge in [-0.25, -0.2) is 4.39 Å². The van der Waals surface area contributed by atoms with Crippen molar-refractivity contribution in [1.29, 1.82) is 0 Å². The van der Waals surface area contributed by atoms with Gasteiger partial charge in [-0.15, -0.1) is 23.1 Å². The molecule has 0 atom stereocenters. The number of carbonyl (C=O) groups is 1. The monoisotopic (exact) mass is 404 g/mol. The zero-order valence-electron chi connectivity index (χ0n) is 15.1. The summed E-state index contributed by atoms with van der Waals surface area (Å²) in [5.41, 5.74) is 1.50. The van der Waals surface area contributed by atoms with Gasteiger partial charge in [-0.2, -0.15) is 0 Å². The number of benzene rings is 1. The molecule has 3 heterocycles. The van der Waals surface area contributed by atoms with Gasteiger partial charge in [-0.1, -0.05) is 5.16 Å². The van der Waals surface area contributed by atoms with Gasteiger partial charge in [0.05, 0.1) is 14.8 Å². The van der Waals surface area contributed by atoms with Gasteiger partial charge in [0.2, 0.25) is 0 Å². The van der Waals surface area contributed by atoms with E-state index >= 15 is 0 Å². The number of nitrogens with zero attached hydrogens (tertiary/aromatic N) is 2. The number of ketones is 1. The first kappa shape index (κ1) is 18.7. The smallest absolute Gasteiger partial charge is 0.170 e. The summed E-state index contributed by atoms with van der Waals surface area (Å²) in [4.78, 5) is 14.7. The molecule has 4 nitrogen and oxygen atoms in total. The first-order valence-electron chi connectivity index (χ1n) is 9.11. The van der Waals surface area contributed by atoms with Crippen LogP contribution < -0.4 is 0 Å². The number of hydrogen-bond acceptors (Lipinski definition) is 6. The maximum absolute atomic E-state index is 13.3. The van der Waals surface area contributed by atoms with Gasteiger partial charge in [0.25, 0.3) is 0 Å². The number of carbonyl (C=O) groups excluding carboxylic acids is 1. The Labute approximate surface area is 165 Å². The first-order chi connectivity index (χ1) is 13.1. The summed E-state index contributed by atoms with van der Waals surface area (Å²) in [6, 6.07) is 8.60. The van der Waals surface area contributed by atoms with E-state index in [1.54, 1.807) is 24.3 Å². The lowest BCUT2D eigenvalue weighted by Gasteiger charge is -2.30. The van der Waals surface area contributed by atoms with E-state index in [0.717, 1.165) is 54.2 Å². The molecule has 4 rings (SSSR count). The highest BCUT2D eigenvalue weighted by atomic mass is 32.2. The molecule has 0 spiro atoms. The number of Topliss-reactive ketones (excluding diaryl/α,β-unsaturated/α-hetero) is 1. The van der Waals surface area contributed by atoms with Crippen LogP contribution in [0.5, 0.6) is 0 Å². The van der Waals surface area contributed by atoms with Gasteiger partial charge in [0.1, 0.15) is 5.82 Å². The van der Waals surface area contributed by atoms with E-state index < -0.39 is 0 Å². The van der Waals surface area contributed by atoms with E-state index in [4.69, 9.17) is 4.52 Å². The van der Waals surface area contributed by atoms with Gasteiger partial charge in [0, 0.05) is 29.7 Å². The van der Waals surface area contributed by atoms with Gasteiger partial charge in [0.15, 0.2) is 11.4 Å². The summed E-state index contributed by atoms with van der Waals surface area (Å²) in [6.45, 7) is 4.71. The molecule has 0 unspecified atom stereocenters. The standard InChI is InChI=1S/C20H21FN2O2S2/c1-13(24)18-4-5-19(27-18)26-11-10-23-8-6-14(7-9-23)20-16-3-2-15(21)12-17(16)25-22-20/h2-5,12,14H,6-11H2,1H3. The number of hydrogen-bond donors (Lipinski definition) is 0. The molecule has 1 aromatic carbocycles. The Morgan fingerprint density at radius 2 is 2.15 bits per heavy atom. The van der Waals surface area contributed by atoms with Crippen molar-refractivity contribution >= 4 is 39.9 Å². The quantitative estimate of drug-likeness (QED) is 0.417. The number of fused-ring (bicyclic) bond motifs is 1. The second-order valence-corrected chi connectivity index (χ2v) is 9.33. The molecule has 3 aromatic rings. The van der Waals surface area contributed by atoms with Crippen LogP contribution in [0.3, 0.4) is 0 Å². The fraction of sp³-hybridized carbons (Fsp3) is 0.400. The van der Waals surface area contributed by atoms with Crippen molar-refractivity contribution in [1.82, 2.24) is 10.1 Å². The van der Waals surface area contributed by atoms with Crippen LogP contribution in [0.1, 0.15) is 41.0 Å². The SMILES string of the molecule is CC(=O)c1ccc(SCCN2CCC(c3noc4cc(F)ccc34)CC2)s1. The van der Waals surface area contributed by atoms with E-state index in [-0.39, 0.29) is 11.6 Å². The van der Waals surface area contributed by atoms with E-state index in [1.807, 2.05) is 23.9 Å². The van der Waals surface area contributed by atoms with Crippen molar-refractivity contribution in [2.75, 3.05) is 25.4 Å². The maximum Gasteiger partial charge on any atom is 0.170 e. The average Bonchev–Trinajstić information content (AvgIpc) is 3.29. The zero-order chi connectivity index (χ0) is 18.8. The molecule has 1 aliphatic heterocycles. The molecule has 0 amide bonds. The summed E-state index contributed by atoms with van der Waals surface area (Å²) >= 11 is 3.39. The molecular formula is C20H21FN2O2S2. The third kappa shape index (κ3) is 4.25. The van der Waals surface area contributed by atoms with E-state index in [0.29, 0.717) is 11.5 Å². The Balaban J connectivity index is 1.27. The van der Waals surface area contributed by atoms with Crippen LogP contribution in [0.2, 0.25) is 0 Å². The summed E-state index contributed by atoms with van der Waals surface area (Å²) in [7, 11) is 0. The molecule has 2 aromatic heterocycles. The minimum Gasteiger partial charge on any atom is -0.356 e. The highest BCUT2D eigenvalue weighted by molar-refractivity contribution is 8.01. The molecule has 27 heavy (non-hydrogen) atoms. The Hall–Kier alpha value is -1.70. The third-order valence-corrected chi connectivity index (χ3v) is 7.41. The van der Waals surface area contributed by atoms with Gasteiger partial charge >= 0.3 is 0 Å². The molecule has 7 heteroatoms. The number of halogens is 1. The largest absolute Gasteiger partial charge is 0.356 e. The molecular weight excluding hydrogens is 383 g/mol. The molecule has 1 aliphatic rings. The lowest BCUT2D eigenvalue weighted by atomic mass is 9.91. The molecule has 0 bridgehead atoms. The minimum atomic E-state index is -0.293. The van der Waals surface area contributed by atoms with Crippen LogP contribution in [0, 0.1) is 5.82 Å². The van der Waals surface area contributed by atoms with E-state index in [2.05, 4.69) is 10.1 Å². The van der Waals surface area contributed by atoms with Crippen LogP contribution >= 0.6 is 23.1 Å². The number of piperidine rings is 1. The summed E-state index contributed by atoms with van der Waals surface area (Å²) in [5, 5.41) is 5.15. The van der Waals surface area contributed by atoms with Crippen molar-refractivity contribution in [2.24, 2.45) is 0 Å². The number of thiophene rings is 1. The van der Waals surface area contributed by atoms with Crippen LogP contribution in [-0.2, 0) is 0 Å². The molecule has 0 radical (unpaired) electrons. The fourth-order valence-corrected chi connectivity index (χ4v) is 5.62. The second-order valence-electron chi connectivity index (χ2n) is 6.85. The zero-order valence-corrected chi connectivity index (χ0v) is 16.7. The number of aromatic nitrogens is 1. The van der Waals surface area contributed by atoms with Crippen molar-refractivity contribution < 1.29 is 13.7 Å². The van der Waals surface area contributed by atoms with Crippen molar-refractivity contribution in [3.63, 3.8) is 0 Å². The lowest BCUT2D eigenvalue weighted by Crippen LogP contribution is -2.34. The lowest BCUT2D eigenvalue weighted by molar-refractivity contribution is 0.102. The Morgan fingerprint density at radius 1 is 1.33 bits per heavy atom. The van der Waals surface area contributed by atoms with Crippen LogP contribution in [-0.4, -0.2) is 41.2 Å². The van der Waals surface area contributed by atoms with Crippen molar-refractivity contribution in [3.05, 3.63) is 46.7 Å². The predicted octanol–water partition coefficient (Wildman–Crippen LogP) is 5.20. The minimum absolute atomic E-state index is 0.136. The summed E-state index contributed by atoms with van der Waals surface area (Å²) in [6.07, 6.45) is 2.08. The molecule has 1 fully saturated rings.